The van der Waals surface area contributed by atoms with Crippen molar-refractivity contribution in [2.75, 3.05) is 12.0 Å². The molecule has 1 aliphatic heterocycles. The average molecular weight is 506 g/mol. The molecule has 7 rings (SSSR count). The van der Waals surface area contributed by atoms with E-state index in [1.807, 2.05) is 19.1 Å². The van der Waals surface area contributed by atoms with Gasteiger partial charge in [0.05, 0.1) is 30.0 Å². The summed E-state index contributed by atoms with van der Waals surface area (Å²) in [5, 5.41) is 10.3. The predicted molar refractivity (Wildman–Crippen MR) is 140 cm³/mol. The highest BCUT2D eigenvalue weighted by atomic mass is 16.5. The number of carboxylic acid groups (broad SMARTS) is 1. The standard InChI is InChI=1S/C31H39NO5/c1-17(2)19-16-31-14-11-22-29(3,12-8-13-30(22,4)28(35)36)23(31)15-18(19)24-25(31)27(34)32(26(24)33)20-9-6-7-10-21(20)37-5/h6-7,9-10,16-18,22-25H,8,11-15H2,1-5H3,(H,35,36)/t18-,22+,23+,24+,25-,29+,30-,31-/m0/s1. The number of allylic oxidation sites excluding steroid dienone is 2. The summed E-state index contributed by atoms with van der Waals surface area (Å²) in [5.74, 6) is -0.527. The van der Waals surface area contributed by atoms with Crippen LogP contribution in [0.5, 0.6) is 5.75 Å². The van der Waals surface area contributed by atoms with Crippen LogP contribution in [0.3, 0.4) is 0 Å². The second-order valence-electron chi connectivity index (χ2n) is 13.2. The van der Waals surface area contributed by atoms with Gasteiger partial charge in [0.15, 0.2) is 0 Å². The van der Waals surface area contributed by atoms with Crippen LogP contribution in [0.25, 0.3) is 0 Å². The normalized spacial score (nSPS) is 42.3. The third kappa shape index (κ3) is 2.96. The SMILES string of the molecule is COc1ccccc1N1C(=O)[C@H]2[C@@H](C1=O)[C@@]13C=C(C(C)C)[C@@H]2C[C@@H]1[C@]1(C)CCC[C@](C)(C(=O)O)[C@@H]1CC3. The molecule has 198 valence electrons. The molecule has 8 atom stereocenters. The number of amides is 2. The molecule has 3 saturated carbocycles. The molecule has 6 aliphatic rings. The van der Waals surface area contributed by atoms with Crippen molar-refractivity contribution < 1.29 is 24.2 Å². The second kappa shape index (κ2) is 7.94. The number of hydrogen-bond acceptors (Lipinski definition) is 4. The lowest BCUT2D eigenvalue weighted by Crippen LogP contribution is -2.65. The highest BCUT2D eigenvalue weighted by Crippen LogP contribution is 2.74. The number of fused-ring (bicyclic) bond motifs is 1. The molecule has 5 aliphatic carbocycles. The molecule has 1 aromatic carbocycles. The topological polar surface area (TPSA) is 83.9 Å². The lowest BCUT2D eigenvalue weighted by molar-refractivity contribution is -0.194. The van der Waals surface area contributed by atoms with E-state index in [0.29, 0.717) is 23.8 Å². The smallest absolute Gasteiger partial charge is 0.309 e. The summed E-state index contributed by atoms with van der Waals surface area (Å²) in [6, 6.07) is 7.29. The lowest BCUT2D eigenvalue weighted by Gasteiger charge is -2.68. The number of carbonyl (C=O) groups excluding carboxylic acids is 2. The van der Waals surface area contributed by atoms with E-state index in [0.717, 1.165) is 32.1 Å². The Bertz CT molecular complexity index is 1220. The van der Waals surface area contributed by atoms with Crippen LogP contribution in [0, 0.1) is 51.8 Å². The number of aliphatic carboxylic acids is 1. The Morgan fingerprint density at radius 1 is 1.08 bits per heavy atom. The van der Waals surface area contributed by atoms with E-state index in [1.54, 1.807) is 19.2 Å². The summed E-state index contributed by atoms with van der Waals surface area (Å²) in [6.45, 7) is 8.65. The van der Waals surface area contributed by atoms with Gasteiger partial charge in [0.1, 0.15) is 5.75 Å². The van der Waals surface area contributed by atoms with Gasteiger partial charge in [-0.05, 0) is 80.2 Å². The Labute approximate surface area is 219 Å². The van der Waals surface area contributed by atoms with Gasteiger partial charge in [0.2, 0.25) is 11.8 Å². The Morgan fingerprint density at radius 3 is 2.49 bits per heavy atom. The Balaban J connectivity index is 1.50. The van der Waals surface area contributed by atoms with Crippen molar-refractivity contribution in [1.29, 1.82) is 0 Å². The first-order valence-electron chi connectivity index (χ1n) is 14.0. The monoisotopic (exact) mass is 505 g/mol. The number of nitrogens with zero attached hydrogens (tertiary/aromatic N) is 1. The van der Waals surface area contributed by atoms with Crippen LogP contribution >= 0.6 is 0 Å². The van der Waals surface area contributed by atoms with Crippen molar-refractivity contribution in [3.63, 3.8) is 0 Å². The minimum atomic E-state index is -0.742. The first kappa shape index (κ1) is 24.7. The zero-order valence-corrected chi connectivity index (χ0v) is 22.6. The van der Waals surface area contributed by atoms with Crippen molar-refractivity contribution in [3.05, 3.63) is 35.9 Å². The zero-order valence-electron chi connectivity index (χ0n) is 22.6. The highest BCUT2D eigenvalue weighted by Gasteiger charge is 2.73. The number of carbonyl (C=O) groups is 3. The number of methoxy groups -OCH3 is 1. The molecule has 0 aromatic heterocycles. The van der Waals surface area contributed by atoms with E-state index in [1.165, 1.54) is 10.5 Å². The second-order valence-corrected chi connectivity index (χ2v) is 13.2. The number of benzene rings is 1. The van der Waals surface area contributed by atoms with Crippen molar-refractivity contribution in [2.24, 2.45) is 51.8 Å². The van der Waals surface area contributed by atoms with E-state index in [-0.39, 0.29) is 40.9 Å². The average Bonchev–Trinajstić information content (AvgIpc) is 3.15. The summed E-state index contributed by atoms with van der Waals surface area (Å²) in [5.41, 5.74) is 0.523. The van der Waals surface area contributed by atoms with Crippen molar-refractivity contribution in [2.45, 2.75) is 66.2 Å². The van der Waals surface area contributed by atoms with E-state index in [9.17, 15) is 19.5 Å². The maximum Gasteiger partial charge on any atom is 0.309 e. The van der Waals surface area contributed by atoms with E-state index in [2.05, 4.69) is 26.8 Å². The van der Waals surface area contributed by atoms with Gasteiger partial charge in [0.25, 0.3) is 0 Å². The fourth-order valence-electron chi connectivity index (χ4n) is 10.0. The molecule has 2 bridgehead atoms. The number of hydrogen-bond donors (Lipinski definition) is 1. The van der Waals surface area contributed by atoms with Gasteiger partial charge >= 0.3 is 5.97 Å². The largest absolute Gasteiger partial charge is 0.495 e. The molecule has 0 radical (unpaired) electrons. The van der Waals surface area contributed by atoms with Gasteiger partial charge in [-0.15, -0.1) is 0 Å². The number of imide groups is 1. The highest BCUT2D eigenvalue weighted by molar-refractivity contribution is 6.23. The Kier molecular flexibility index (Phi) is 5.30. The summed E-state index contributed by atoms with van der Waals surface area (Å²) in [7, 11) is 1.57. The number of rotatable bonds is 4. The fourth-order valence-corrected chi connectivity index (χ4v) is 10.0. The predicted octanol–water partition coefficient (Wildman–Crippen LogP) is 5.71. The van der Waals surface area contributed by atoms with Crippen LogP contribution < -0.4 is 9.64 Å². The van der Waals surface area contributed by atoms with Crippen molar-refractivity contribution in [1.82, 2.24) is 0 Å². The molecule has 37 heavy (non-hydrogen) atoms. The quantitative estimate of drug-likeness (QED) is 0.419. The number of ether oxygens (including phenoxy) is 1. The van der Waals surface area contributed by atoms with Crippen molar-refractivity contribution in [3.8, 4) is 5.75 Å². The summed E-state index contributed by atoms with van der Waals surface area (Å²) in [6.07, 6.45) is 7.42. The van der Waals surface area contributed by atoms with Gasteiger partial charge < -0.3 is 9.84 Å². The summed E-state index contributed by atoms with van der Waals surface area (Å²) >= 11 is 0. The minimum Gasteiger partial charge on any atom is -0.495 e. The van der Waals surface area contributed by atoms with Crippen LogP contribution in [0.2, 0.25) is 0 Å². The molecule has 4 fully saturated rings. The van der Waals surface area contributed by atoms with Gasteiger partial charge in [0, 0.05) is 5.41 Å². The van der Waals surface area contributed by atoms with Gasteiger partial charge in [-0.1, -0.05) is 51.0 Å². The van der Waals surface area contributed by atoms with E-state index < -0.39 is 22.7 Å². The molecule has 1 spiro atoms. The molecule has 1 saturated heterocycles. The van der Waals surface area contributed by atoms with Crippen LogP contribution in [-0.4, -0.2) is 30.0 Å². The van der Waals surface area contributed by atoms with Gasteiger partial charge in [-0.3, -0.25) is 14.4 Å². The Hall–Kier alpha value is -2.63. The fraction of sp³-hybridized carbons (Fsp3) is 0.645. The Morgan fingerprint density at radius 2 is 1.81 bits per heavy atom. The first-order chi connectivity index (χ1) is 17.5. The zero-order chi connectivity index (χ0) is 26.5. The third-order valence-corrected chi connectivity index (χ3v) is 11.5. The van der Waals surface area contributed by atoms with Crippen LogP contribution in [0.4, 0.5) is 5.69 Å². The lowest BCUT2D eigenvalue weighted by atomic mass is 9.34. The molecule has 2 amide bonds. The molecule has 1 N–H and O–H groups in total. The van der Waals surface area contributed by atoms with Crippen LogP contribution in [0.15, 0.2) is 35.9 Å². The maximum atomic E-state index is 14.4. The van der Waals surface area contributed by atoms with Crippen LogP contribution in [0.1, 0.15) is 66.2 Å². The maximum absolute atomic E-state index is 14.4. The minimum absolute atomic E-state index is 0.0154. The van der Waals surface area contributed by atoms with Gasteiger partial charge in [-0.25, -0.2) is 4.90 Å². The molecule has 0 unspecified atom stereocenters. The molecular weight excluding hydrogens is 466 g/mol. The number of anilines is 1. The summed E-state index contributed by atoms with van der Waals surface area (Å²) in [4.78, 5) is 42.5. The number of para-hydroxylation sites is 2. The molecule has 1 aromatic rings. The molecule has 1 heterocycles. The van der Waals surface area contributed by atoms with E-state index >= 15 is 0 Å². The summed E-state index contributed by atoms with van der Waals surface area (Å²) < 4.78 is 5.56. The van der Waals surface area contributed by atoms with Gasteiger partial charge in [-0.2, -0.15) is 0 Å². The number of carboxylic acids is 1. The van der Waals surface area contributed by atoms with E-state index in [4.69, 9.17) is 4.74 Å². The van der Waals surface area contributed by atoms with Crippen LogP contribution in [-0.2, 0) is 14.4 Å². The molecular formula is C31H39NO5. The first-order valence-corrected chi connectivity index (χ1v) is 14.0. The molecule has 6 heteroatoms. The third-order valence-electron chi connectivity index (χ3n) is 11.5. The van der Waals surface area contributed by atoms with Crippen molar-refractivity contribution >= 4 is 23.5 Å². The molecule has 6 nitrogen and oxygen atoms in total.